The van der Waals surface area contributed by atoms with Crippen molar-refractivity contribution in [3.63, 3.8) is 0 Å². The number of nitrogens with zero attached hydrogens (tertiary/aromatic N) is 6. The highest BCUT2D eigenvalue weighted by molar-refractivity contribution is 5.95. The molecule has 1 amide bonds. The first-order valence-electron chi connectivity index (χ1n) is 14.1. The van der Waals surface area contributed by atoms with E-state index in [4.69, 9.17) is 25.6 Å². The number of methoxy groups -OCH3 is 1. The molecule has 41 heavy (non-hydrogen) atoms. The molecule has 1 aromatic heterocycles. The highest BCUT2D eigenvalue weighted by Gasteiger charge is 2.33. The van der Waals surface area contributed by atoms with Crippen molar-refractivity contribution >= 4 is 29.2 Å². The number of amides is 1. The first-order chi connectivity index (χ1) is 19.9. The minimum Gasteiger partial charge on any atom is -0.495 e. The molecule has 4 heterocycles. The zero-order valence-electron chi connectivity index (χ0n) is 23.9. The molecule has 11 nitrogen and oxygen atoms in total. The van der Waals surface area contributed by atoms with Crippen LogP contribution in [0.4, 0.5) is 17.1 Å². The predicted octanol–water partition coefficient (Wildman–Crippen LogP) is 2.41. The van der Waals surface area contributed by atoms with Gasteiger partial charge in [0.05, 0.1) is 30.7 Å². The van der Waals surface area contributed by atoms with Crippen LogP contribution in [0.15, 0.2) is 24.8 Å². The van der Waals surface area contributed by atoms with Gasteiger partial charge in [-0.15, -0.1) is 0 Å². The number of carbonyl (C=O) groups is 1. The minimum absolute atomic E-state index is 0.0830. The molecule has 5 rings (SSSR count). The number of likely N-dealkylation sites (N-methyl/N-ethyl adjacent to an activating group) is 1. The molecule has 0 unspecified atom stereocenters. The Kier molecular flexibility index (Phi) is 8.31. The zero-order chi connectivity index (χ0) is 29.1. The molecule has 0 spiro atoms. The van der Waals surface area contributed by atoms with Crippen LogP contribution in [-0.2, 0) is 17.8 Å². The molecule has 3 aliphatic rings. The monoisotopic (exact) mass is 558 g/mol. The van der Waals surface area contributed by atoms with E-state index in [2.05, 4.69) is 34.4 Å². The number of ether oxygens (including phenoxy) is 2. The molecule has 3 aliphatic heterocycles. The summed E-state index contributed by atoms with van der Waals surface area (Å²) in [6, 6.07) is 6.26. The van der Waals surface area contributed by atoms with Gasteiger partial charge in [0.1, 0.15) is 24.0 Å². The van der Waals surface area contributed by atoms with Gasteiger partial charge in [-0.2, -0.15) is 5.26 Å². The Balaban J connectivity index is 1.54. The number of pyridine rings is 1. The Bertz CT molecular complexity index is 1380. The van der Waals surface area contributed by atoms with Gasteiger partial charge in [0.2, 0.25) is 11.8 Å². The molecule has 2 saturated heterocycles. The fraction of sp³-hybridized carbons (Fsp3) is 0.467. The van der Waals surface area contributed by atoms with Crippen molar-refractivity contribution in [3.05, 3.63) is 47.2 Å². The lowest BCUT2D eigenvalue weighted by atomic mass is 9.97. The fourth-order valence-electron chi connectivity index (χ4n) is 6.17. The summed E-state index contributed by atoms with van der Waals surface area (Å²) in [6.45, 7) is 8.48. The summed E-state index contributed by atoms with van der Waals surface area (Å²) in [7, 11) is 3.71. The van der Waals surface area contributed by atoms with E-state index in [1.54, 1.807) is 18.1 Å². The van der Waals surface area contributed by atoms with Crippen LogP contribution in [0.2, 0.25) is 0 Å². The fourth-order valence-corrected chi connectivity index (χ4v) is 6.17. The maximum atomic E-state index is 12.2. The maximum Gasteiger partial charge on any atom is 0.246 e. The number of nitriles is 1. The standard InChI is InChI=1S/C30H38N8O3/c1-4-27(39)36-12-14-37(15-13-36)28-21-9-11-38(29-22(16-31)24(33)7-8-26(29)40-3)18-25(21)34-30(23(28)17-32)41-19-20-6-5-10-35(20)2/h4,7-8,16,20,31H,1,5-6,9-15,18-19,33H2,2-3H3/t20-/m1/s1. The van der Waals surface area contributed by atoms with Gasteiger partial charge in [0.15, 0.2) is 0 Å². The highest BCUT2D eigenvalue weighted by atomic mass is 16.5. The lowest BCUT2D eigenvalue weighted by Gasteiger charge is -2.39. The molecular weight excluding hydrogens is 520 g/mol. The van der Waals surface area contributed by atoms with Crippen molar-refractivity contribution in [2.24, 2.45) is 0 Å². The van der Waals surface area contributed by atoms with E-state index in [0.29, 0.717) is 80.7 Å². The average Bonchev–Trinajstić information content (AvgIpc) is 3.42. The Morgan fingerprint density at radius 3 is 2.63 bits per heavy atom. The quantitative estimate of drug-likeness (QED) is 0.284. The number of carbonyl (C=O) groups excluding carboxylic acids is 1. The molecule has 216 valence electrons. The predicted molar refractivity (Wildman–Crippen MR) is 159 cm³/mol. The second-order valence-corrected chi connectivity index (χ2v) is 10.7. The number of rotatable bonds is 8. The summed E-state index contributed by atoms with van der Waals surface area (Å²) in [5.41, 5.74) is 11.3. The second kappa shape index (κ2) is 12.1. The van der Waals surface area contributed by atoms with Crippen molar-refractivity contribution in [1.82, 2.24) is 14.8 Å². The maximum absolute atomic E-state index is 12.2. The van der Waals surface area contributed by atoms with Gasteiger partial charge < -0.3 is 40.2 Å². The number of fused-ring (bicyclic) bond motifs is 1. The van der Waals surface area contributed by atoms with Crippen molar-refractivity contribution in [3.8, 4) is 17.7 Å². The van der Waals surface area contributed by atoms with Crippen LogP contribution in [0.1, 0.15) is 35.2 Å². The smallest absolute Gasteiger partial charge is 0.246 e. The van der Waals surface area contributed by atoms with Gasteiger partial charge in [-0.05, 0) is 51.1 Å². The minimum atomic E-state index is -0.0830. The summed E-state index contributed by atoms with van der Waals surface area (Å²) in [6.07, 6.45) is 5.41. The number of hydrogen-bond donors (Lipinski definition) is 2. The number of benzene rings is 1. The number of nitrogens with one attached hydrogen (secondary N) is 1. The molecule has 0 bridgehead atoms. The lowest BCUT2D eigenvalue weighted by Crippen LogP contribution is -2.49. The molecule has 2 aromatic rings. The van der Waals surface area contributed by atoms with Gasteiger partial charge in [0, 0.05) is 61.8 Å². The van der Waals surface area contributed by atoms with Crippen molar-refractivity contribution in [1.29, 1.82) is 10.7 Å². The molecule has 0 radical (unpaired) electrons. The number of nitrogen functional groups attached to an aromatic ring is 1. The Labute approximate surface area is 241 Å². The van der Waals surface area contributed by atoms with Gasteiger partial charge in [-0.25, -0.2) is 4.98 Å². The molecule has 1 atom stereocenters. The summed E-state index contributed by atoms with van der Waals surface area (Å²) < 4.78 is 12.0. The second-order valence-electron chi connectivity index (χ2n) is 10.7. The highest BCUT2D eigenvalue weighted by Crippen LogP contribution is 2.41. The average molecular weight is 559 g/mol. The third-order valence-corrected chi connectivity index (χ3v) is 8.47. The lowest BCUT2D eigenvalue weighted by molar-refractivity contribution is -0.126. The summed E-state index contributed by atoms with van der Waals surface area (Å²) in [5.74, 6) is 0.902. The van der Waals surface area contributed by atoms with Crippen LogP contribution in [-0.4, -0.2) is 93.0 Å². The summed E-state index contributed by atoms with van der Waals surface area (Å²) in [4.78, 5) is 25.6. The number of likely N-dealkylation sites (tertiary alicyclic amines) is 1. The number of piperazine rings is 1. The summed E-state index contributed by atoms with van der Waals surface area (Å²) >= 11 is 0. The van der Waals surface area contributed by atoms with E-state index in [1.165, 1.54) is 12.3 Å². The molecule has 3 N–H and O–H groups in total. The topological polar surface area (TPSA) is 135 Å². The zero-order valence-corrected chi connectivity index (χ0v) is 23.9. The number of aromatic nitrogens is 1. The number of nitrogens with two attached hydrogens (primary N) is 1. The van der Waals surface area contributed by atoms with E-state index in [-0.39, 0.29) is 11.9 Å². The van der Waals surface area contributed by atoms with Crippen LogP contribution in [0.5, 0.6) is 11.6 Å². The van der Waals surface area contributed by atoms with Crippen molar-refractivity contribution in [2.75, 3.05) is 75.6 Å². The van der Waals surface area contributed by atoms with Crippen molar-refractivity contribution < 1.29 is 14.3 Å². The van der Waals surface area contributed by atoms with E-state index in [1.807, 2.05) is 6.07 Å². The number of anilines is 3. The first-order valence-corrected chi connectivity index (χ1v) is 14.1. The van der Waals surface area contributed by atoms with Crippen LogP contribution in [0.25, 0.3) is 0 Å². The first kappa shape index (κ1) is 28.2. The molecule has 0 saturated carbocycles. The van der Waals surface area contributed by atoms with E-state index in [9.17, 15) is 10.1 Å². The van der Waals surface area contributed by atoms with Crippen molar-refractivity contribution in [2.45, 2.75) is 31.8 Å². The molecule has 1 aromatic carbocycles. The Morgan fingerprint density at radius 2 is 2.00 bits per heavy atom. The Hall–Kier alpha value is -4.30. The van der Waals surface area contributed by atoms with Crippen LogP contribution >= 0.6 is 0 Å². The molecule has 11 heteroatoms. The van der Waals surface area contributed by atoms with E-state index in [0.717, 1.165) is 42.0 Å². The van der Waals surface area contributed by atoms with E-state index >= 15 is 0 Å². The van der Waals surface area contributed by atoms with Gasteiger partial charge in [-0.1, -0.05) is 6.58 Å². The molecular formula is C30H38N8O3. The molecule has 2 fully saturated rings. The van der Waals surface area contributed by atoms with Gasteiger partial charge in [0.25, 0.3) is 0 Å². The molecule has 0 aliphatic carbocycles. The van der Waals surface area contributed by atoms with Crippen LogP contribution in [0.3, 0.4) is 0 Å². The largest absolute Gasteiger partial charge is 0.495 e. The normalized spacial score (nSPS) is 19.0. The van der Waals surface area contributed by atoms with E-state index < -0.39 is 0 Å². The third kappa shape index (κ3) is 5.39. The summed E-state index contributed by atoms with van der Waals surface area (Å²) in [5, 5.41) is 18.4. The Morgan fingerprint density at radius 1 is 1.22 bits per heavy atom. The van der Waals surface area contributed by atoms with Gasteiger partial charge >= 0.3 is 0 Å². The van der Waals surface area contributed by atoms with Gasteiger partial charge in [-0.3, -0.25) is 4.79 Å². The van der Waals surface area contributed by atoms with Crippen LogP contribution in [0, 0.1) is 16.7 Å². The SMILES string of the molecule is C=CC(=O)N1CCN(c2c(C#N)c(OC[C@H]3CCCN3C)nc3c2CCN(c2c(OC)ccc(N)c2C=N)C3)CC1. The number of hydrogen-bond acceptors (Lipinski definition) is 10. The third-order valence-electron chi connectivity index (χ3n) is 8.47. The van der Waals surface area contributed by atoms with Crippen LogP contribution < -0.4 is 25.0 Å².